The van der Waals surface area contributed by atoms with Gasteiger partial charge in [-0.3, -0.25) is 4.57 Å². The third kappa shape index (κ3) is 2.82. The van der Waals surface area contributed by atoms with E-state index in [2.05, 4.69) is 4.98 Å². The van der Waals surface area contributed by atoms with Crippen molar-refractivity contribution in [2.45, 2.75) is 6.42 Å². The van der Waals surface area contributed by atoms with Crippen LogP contribution < -0.4 is 11.4 Å². The van der Waals surface area contributed by atoms with Gasteiger partial charge in [0, 0.05) is 6.20 Å². The third-order valence-electron chi connectivity index (χ3n) is 2.40. The zero-order valence-electron chi connectivity index (χ0n) is 9.58. The summed E-state index contributed by atoms with van der Waals surface area (Å²) in [6, 6.07) is 9.72. The molecule has 0 amide bonds. The van der Waals surface area contributed by atoms with Gasteiger partial charge < -0.3 is 5.73 Å². The summed E-state index contributed by atoms with van der Waals surface area (Å²) in [5.41, 5.74) is 5.69. The number of nitrogen functional groups attached to an aromatic ring is 1. The number of rotatable bonds is 3. The highest BCUT2D eigenvalue weighted by molar-refractivity contribution is 5.32. The Morgan fingerprint density at radius 1 is 1.33 bits per heavy atom. The van der Waals surface area contributed by atoms with Gasteiger partial charge in [0.25, 0.3) is 0 Å². The van der Waals surface area contributed by atoms with Crippen molar-refractivity contribution in [2.24, 2.45) is 0 Å². The number of anilines is 1. The summed E-state index contributed by atoms with van der Waals surface area (Å²) < 4.78 is 14.2. The third-order valence-corrected chi connectivity index (χ3v) is 2.40. The Morgan fingerprint density at radius 3 is 2.78 bits per heavy atom. The van der Waals surface area contributed by atoms with Gasteiger partial charge in [-0.15, -0.1) is 0 Å². The van der Waals surface area contributed by atoms with Gasteiger partial charge in [-0.2, -0.15) is 4.98 Å². The number of hydrogen-bond donors (Lipinski definition) is 1. The van der Waals surface area contributed by atoms with E-state index in [1.165, 1.54) is 6.20 Å². The molecule has 0 atom stereocenters. The van der Waals surface area contributed by atoms with Gasteiger partial charge in [0.15, 0.2) is 11.6 Å². The fourth-order valence-electron chi connectivity index (χ4n) is 1.48. The molecule has 2 N–H and O–H groups in total. The molecule has 0 fully saturated rings. The molecule has 2 aromatic rings. The number of nitrogens with zero attached hydrogens (tertiary/aromatic N) is 2. The molecule has 0 saturated heterocycles. The van der Waals surface area contributed by atoms with Crippen molar-refractivity contribution < 1.29 is 4.39 Å². The molecule has 1 heterocycles. The number of benzene rings is 1. The van der Waals surface area contributed by atoms with Crippen LogP contribution in [0.3, 0.4) is 0 Å². The molecule has 18 heavy (non-hydrogen) atoms. The predicted octanol–water partition coefficient (Wildman–Crippen LogP) is 1.68. The van der Waals surface area contributed by atoms with Crippen LogP contribution in [-0.2, 0) is 6.42 Å². The zero-order valence-corrected chi connectivity index (χ0v) is 9.58. The second kappa shape index (κ2) is 5.27. The number of allylic oxidation sites excluding steroid dienone is 1. The zero-order chi connectivity index (χ0) is 13.0. The van der Waals surface area contributed by atoms with Crippen molar-refractivity contribution in [3.63, 3.8) is 0 Å². The number of halogens is 1. The largest absolute Gasteiger partial charge is 0.381 e. The Labute approximate surface area is 103 Å². The van der Waals surface area contributed by atoms with E-state index in [1.807, 2.05) is 30.3 Å². The minimum Gasteiger partial charge on any atom is -0.381 e. The lowest BCUT2D eigenvalue weighted by molar-refractivity contribution is 0.610. The van der Waals surface area contributed by atoms with E-state index in [1.54, 1.807) is 6.08 Å². The first kappa shape index (κ1) is 12.0. The highest BCUT2D eigenvalue weighted by Crippen LogP contribution is 2.03. The summed E-state index contributed by atoms with van der Waals surface area (Å²) in [4.78, 5) is 14.7. The first-order valence-corrected chi connectivity index (χ1v) is 5.41. The molecule has 0 aliphatic heterocycles. The van der Waals surface area contributed by atoms with Gasteiger partial charge in [-0.25, -0.2) is 9.18 Å². The lowest BCUT2D eigenvalue weighted by Gasteiger charge is -2.00. The minimum absolute atomic E-state index is 0.382. The van der Waals surface area contributed by atoms with Crippen molar-refractivity contribution in [1.29, 1.82) is 0 Å². The van der Waals surface area contributed by atoms with Crippen LogP contribution in [0.5, 0.6) is 0 Å². The van der Waals surface area contributed by atoms with E-state index >= 15 is 0 Å². The molecule has 1 aromatic heterocycles. The van der Waals surface area contributed by atoms with Crippen LogP contribution in [0.15, 0.2) is 47.4 Å². The lowest BCUT2D eigenvalue weighted by atomic mass is 10.1. The van der Waals surface area contributed by atoms with Crippen LogP contribution >= 0.6 is 0 Å². The van der Waals surface area contributed by atoms with Gasteiger partial charge in [-0.1, -0.05) is 36.4 Å². The Balaban J connectivity index is 2.15. The fourth-order valence-corrected chi connectivity index (χ4v) is 1.48. The summed E-state index contributed by atoms with van der Waals surface area (Å²) in [5.74, 6) is -1.09. The quantitative estimate of drug-likeness (QED) is 0.894. The lowest BCUT2D eigenvalue weighted by Crippen LogP contribution is -2.21. The fraction of sp³-hybridized carbons (Fsp3) is 0.0769. The summed E-state index contributed by atoms with van der Waals surface area (Å²) in [6.45, 7) is 0. The first-order valence-electron chi connectivity index (χ1n) is 5.41. The summed E-state index contributed by atoms with van der Waals surface area (Å²) in [6.07, 6.45) is 4.91. The molecule has 0 radical (unpaired) electrons. The highest BCUT2D eigenvalue weighted by Gasteiger charge is 2.02. The molecular formula is C13H12FN3O. The number of nitrogens with two attached hydrogens (primary N) is 1. The number of aromatic nitrogens is 2. The molecule has 0 saturated carbocycles. The maximum absolute atomic E-state index is 13.1. The first-order chi connectivity index (χ1) is 8.66. The van der Waals surface area contributed by atoms with Crippen LogP contribution in [0, 0.1) is 5.82 Å². The molecule has 0 aliphatic carbocycles. The second-order valence-corrected chi connectivity index (χ2v) is 3.74. The average Bonchev–Trinajstić information content (AvgIpc) is 2.37. The highest BCUT2D eigenvalue weighted by atomic mass is 19.1. The van der Waals surface area contributed by atoms with Crippen molar-refractivity contribution in [1.82, 2.24) is 9.55 Å². The molecule has 4 nitrogen and oxygen atoms in total. The standard InChI is InChI=1S/C13H12FN3O/c14-11-9-17(13(18)16-12(11)15)8-4-7-10-5-2-1-3-6-10/h1-6,8-9H,7H2,(H2,15,16,18)/b8-4+. The normalized spacial score (nSPS) is 10.9. The van der Waals surface area contributed by atoms with Crippen molar-refractivity contribution in [2.75, 3.05) is 5.73 Å². The van der Waals surface area contributed by atoms with E-state index in [4.69, 9.17) is 5.73 Å². The van der Waals surface area contributed by atoms with Crippen LogP contribution in [0.1, 0.15) is 5.56 Å². The van der Waals surface area contributed by atoms with Gasteiger partial charge in [0.1, 0.15) is 0 Å². The van der Waals surface area contributed by atoms with Crippen LogP contribution in [0.2, 0.25) is 0 Å². The van der Waals surface area contributed by atoms with E-state index < -0.39 is 11.5 Å². The van der Waals surface area contributed by atoms with Crippen LogP contribution in [-0.4, -0.2) is 9.55 Å². The molecule has 92 valence electrons. The van der Waals surface area contributed by atoms with Gasteiger partial charge in [0.05, 0.1) is 6.20 Å². The molecular weight excluding hydrogens is 233 g/mol. The monoisotopic (exact) mass is 245 g/mol. The predicted molar refractivity (Wildman–Crippen MR) is 68.3 cm³/mol. The Bertz CT molecular complexity index is 620. The van der Waals surface area contributed by atoms with Crippen molar-refractivity contribution in [3.8, 4) is 0 Å². The van der Waals surface area contributed by atoms with Crippen LogP contribution in [0.4, 0.5) is 10.2 Å². The summed E-state index contributed by atoms with van der Waals surface area (Å²) in [7, 11) is 0. The second-order valence-electron chi connectivity index (χ2n) is 3.74. The maximum atomic E-state index is 13.1. The van der Waals surface area contributed by atoms with Crippen LogP contribution in [0.25, 0.3) is 6.20 Å². The molecule has 0 unspecified atom stereocenters. The topological polar surface area (TPSA) is 60.9 Å². The number of hydrogen-bond acceptors (Lipinski definition) is 3. The molecule has 0 spiro atoms. The molecule has 1 aromatic carbocycles. The van der Waals surface area contributed by atoms with Gasteiger partial charge in [-0.05, 0) is 12.0 Å². The Kier molecular flexibility index (Phi) is 3.52. The minimum atomic E-state index is -0.709. The van der Waals surface area contributed by atoms with E-state index in [0.29, 0.717) is 6.42 Å². The molecule has 2 rings (SSSR count). The van der Waals surface area contributed by atoms with Gasteiger partial charge in [0.2, 0.25) is 0 Å². The Hall–Kier alpha value is -2.43. The van der Waals surface area contributed by atoms with E-state index in [-0.39, 0.29) is 5.82 Å². The molecule has 5 heteroatoms. The van der Waals surface area contributed by atoms with Crippen molar-refractivity contribution in [3.05, 3.63) is 64.5 Å². The molecule has 0 aliphatic rings. The Morgan fingerprint density at radius 2 is 2.06 bits per heavy atom. The maximum Gasteiger partial charge on any atom is 0.353 e. The summed E-state index contributed by atoms with van der Waals surface area (Å²) >= 11 is 0. The van der Waals surface area contributed by atoms with Crippen molar-refractivity contribution >= 4 is 12.0 Å². The smallest absolute Gasteiger partial charge is 0.353 e. The van der Waals surface area contributed by atoms with Gasteiger partial charge >= 0.3 is 5.69 Å². The SMILES string of the molecule is Nc1nc(=O)n(/C=C/Cc2ccccc2)cc1F. The van der Waals surface area contributed by atoms with E-state index in [0.717, 1.165) is 16.3 Å². The summed E-state index contributed by atoms with van der Waals surface area (Å²) in [5, 5.41) is 0. The average molecular weight is 245 g/mol. The van der Waals surface area contributed by atoms with E-state index in [9.17, 15) is 9.18 Å². The molecule has 0 bridgehead atoms.